The van der Waals surface area contributed by atoms with Crippen LogP contribution in [0.15, 0.2) is 42.7 Å². The van der Waals surface area contributed by atoms with Crippen molar-refractivity contribution >= 4 is 29.3 Å². The molecule has 1 aromatic carbocycles. The van der Waals surface area contributed by atoms with Crippen molar-refractivity contribution in [1.29, 1.82) is 0 Å². The number of piperidine rings is 1. The Morgan fingerprint density at radius 3 is 2.53 bits per heavy atom. The Kier molecular flexibility index (Phi) is 6.62. The summed E-state index contributed by atoms with van der Waals surface area (Å²) in [6.07, 6.45) is 4.83. The van der Waals surface area contributed by atoms with Crippen LogP contribution in [0.2, 0.25) is 0 Å². The number of rotatable bonds is 7. The van der Waals surface area contributed by atoms with Gasteiger partial charge in [0, 0.05) is 56.6 Å². The molecule has 11 heteroatoms. The molecule has 1 N–H and O–H groups in total. The topological polar surface area (TPSA) is 143 Å². The molecule has 0 saturated carbocycles. The van der Waals surface area contributed by atoms with Crippen LogP contribution in [0.25, 0.3) is 0 Å². The molecule has 2 aliphatic heterocycles. The number of hydrogen-bond donors (Lipinski definition) is 1. The zero-order valence-corrected chi connectivity index (χ0v) is 18.3. The number of imide groups is 1. The number of fused-ring (bicyclic) bond motifs is 1. The lowest BCUT2D eigenvalue weighted by Gasteiger charge is -2.32. The lowest BCUT2D eigenvalue weighted by Crippen LogP contribution is -2.46. The normalized spacial score (nSPS) is 15.9. The molecule has 2 aromatic rings. The van der Waals surface area contributed by atoms with Gasteiger partial charge in [0.1, 0.15) is 0 Å². The van der Waals surface area contributed by atoms with Gasteiger partial charge in [-0.05, 0) is 37.5 Å². The smallest absolute Gasteiger partial charge is 0.270 e. The summed E-state index contributed by atoms with van der Waals surface area (Å²) in [6.45, 7) is 1.07. The van der Waals surface area contributed by atoms with E-state index in [4.69, 9.17) is 0 Å². The number of hydrogen-bond acceptors (Lipinski definition) is 7. The highest BCUT2D eigenvalue weighted by Gasteiger charge is 2.36. The van der Waals surface area contributed by atoms with Gasteiger partial charge in [-0.1, -0.05) is 0 Å². The van der Waals surface area contributed by atoms with Gasteiger partial charge in [-0.25, -0.2) is 0 Å². The average Bonchev–Trinajstić information content (AvgIpc) is 3.09. The van der Waals surface area contributed by atoms with Gasteiger partial charge in [0.05, 0.1) is 21.6 Å². The zero-order valence-electron chi connectivity index (χ0n) is 18.3. The molecule has 1 fully saturated rings. The first-order chi connectivity index (χ1) is 16.3. The van der Waals surface area contributed by atoms with Crippen LogP contribution < -0.4 is 5.32 Å². The first kappa shape index (κ1) is 23.0. The molecule has 0 spiro atoms. The number of nitro groups is 1. The molecule has 3 heterocycles. The van der Waals surface area contributed by atoms with Gasteiger partial charge in [-0.2, -0.15) is 0 Å². The van der Waals surface area contributed by atoms with Crippen molar-refractivity contribution in [1.82, 2.24) is 20.1 Å². The van der Waals surface area contributed by atoms with Crippen LogP contribution in [0, 0.1) is 10.1 Å². The van der Waals surface area contributed by atoms with Gasteiger partial charge in [0.15, 0.2) is 0 Å². The van der Waals surface area contributed by atoms with E-state index >= 15 is 0 Å². The number of carbonyl (C=O) groups is 4. The number of nitro benzene ring substituents is 1. The van der Waals surface area contributed by atoms with E-state index in [0.29, 0.717) is 37.9 Å². The lowest BCUT2D eigenvalue weighted by molar-refractivity contribution is -0.384. The molecule has 0 aliphatic carbocycles. The monoisotopic (exact) mass is 465 g/mol. The summed E-state index contributed by atoms with van der Waals surface area (Å²) >= 11 is 0. The summed E-state index contributed by atoms with van der Waals surface area (Å²) in [5, 5.41) is 13.9. The first-order valence-corrected chi connectivity index (χ1v) is 11.0. The Morgan fingerprint density at radius 2 is 1.85 bits per heavy atom. The second-order valence-corrected chi connectivity index (χ2v) is 8.22. The molecule has 2 aliphatic rings. The minimum Gasteiger partial charge on any atom is -0.349 e. The van der Waals surface area contributed by atoms with E-state index in [9.17, 15) is 29.3 Å². The summed E-state index contributed by atoms with van der Waals surface area (Å²) in [5.74, 6) is -1.36. The molecule has 11 nitrogen and oxygen atoms in total. The highest BCUT2D eigenvalue weighted by Crippen LogP contribution is 2.27. The fourth-order valence-electron chi connectivity index (χ4n) is 4.18. The number of amides is 4. The van der Waals surface area contributed by atoms with E-state index in [0.717, 1.165) is 11.0 Å². The Bertz CT molecular complexity index is 1140. The van der Waals surface area contributed by atoms with Crippen molar-refractivity contribution < 1.29 is 24.1 Å². The van der Waals surface area contributed by atoms with Crippen LogP contribution in [0.4, 0.5) is 5.69 Å². The highest BCUT2D eigenvalue weighted by molar-refractivity contribution is 6.21. The van der Waals surface area contributed by atoms with Crippen LogP contribution in [-0.2, 0) is 4.79 Å². The molecule has 0 radical (unpaired) electrons. The zero-order chi connectivity index (χ0) is 24.2. The quantitative estimate of drug-likeness (QED) is 0.373. The molecule has 1 saturated heterocycles. The van der Waals surface area contributed by atoms with E-state index in [-0.39, 0.29) is 47.6 Å². The van der Waals surface area contributed by atoms with Crippen molar-refractivity contribution in [3.63, 3.8) is 0 Å². The molecule has 34 heavy (non-hydrogen) atoms. The van der Waals surface area contributed by atoms with Crippen LogP contribution in [0.5, 0.6) is 0 Å². The maximum absolute atomic E-state index is 12.6. The predicted octanol–water partition coefficient (Wildman–Crippen LogP) is 1.79. The highest BCUT2D eigenvalue weighted by atomic mass is 16.6. The summed E-state index contributed by atoms with van der Waals surface area (Å²) in [6, 6.07) is 6.95. The van der Waals surface area contributed by atoms with Crippen LogP contribution in [0.3, 0.4) is 0 Å². The second-order valence-electron chi connectivity index (χ2n) is 8.22. The van der Waals surface area contributed by atoms with Crippen molar-refractivity contribution in [2.45, 2.75) is 31.7 Å². The maximum atomic E-state index is 12.6. The fourth-order valence-corrected chi connectivity index (χ4v) is 4.18. The number of aromatic nitrogens is 1. The van der Waals surface area contributed by atoms with E-state index < -0.39 is 16.7 Å². The molecule has 1 aromatic heterocycles. The number of benzene rings is 1. The largest absolute Gasteiger partial charge is 0.349 e. The number of non-ortho nitro benzene ring substituents is 1. The Labute approximate surface area is 194 Å². The van der Waals surface area contributed by atoms with E-state index in [1.54, 1.807) is 23.2 Å². The number of nitrogens with zero attached hydrogens (tertiary/aromatic N) is 4. The average molecular weight is 465 g/mol. The van der Waals surface area contributed by atoms with E-state index in [1.165, 1.54) is 18.3 Å². The standard InChI is InChI=1S/C23H23N5O6/c29-20(26-11-7-16(8-12-26)25-21(30)15-3-1-9-24-14-15)4-2-10-27-22(31)18-6-5-17(28(33)34)13-19(18)23(27)32/h1,3,5-6,9,13-14,16H,2,4,7-8,10-12H2,(H,25,30). The number of nitrogens with one attached hydrogen (secondary N) is 1. The molecular formula is C23H23N5O6. The SMILES string of the molecule is O=C(NC1CCN(C(=O)CCCN2C(=O)c3ccc([N+](=O)[O-])cc3C2=O)CC1)c1cccnc1. The van der Waals surface area contributed by atoms with Gasteiger partial charge in [0.25, 0.3) is 23.4 Å². The number of pyridine rings is 1. The predicted molar refractivity (Wildman–Crippen MR) is 119 cm³/mol. The van der Waals surface area contributed by atoms with Gasteiger partial charge >= 0.3 is 0 Å². The molecule has 0 bridgehead atoms. The lowest BCUT2D eigenvalue weighted by atomic mass is 10.0. The van der Waals surface area contributed by atoms with Gasteiger partial charge in [0.2, 0.25) is 5.91 Å². The van der Waals surface area contributed by atoms with Crippen LogP contribution in [-0.4, -0.2) is 69.0 Å². The summed E-state index contributed by atoms with van der Waals surface area (Å²) in [5.41, 5.74) is 0.388. The van der Waals surface area contributed by atoms with E-state index in [1.807, 2.05) is 0 Å². The Morgan fingerprint density at radius 1 is 1.12 bits per heavy atom. The Balaban J connectivity index is 1.23. The van der Waals surface area contributed by atoms with Crippen molar-refractivity contribution in [2.24, 2.45) is 0 Å². The van der Waals surface area contributed by atoms with Crippen molar-refractivity contribution in [2.75, 3.05) is 19.6 Å². The number of carbonyl (C=O) groups excluding carboxylic acids is 4. The molecule has 0 atom stereocenters. The molecule has 4 rings (SSSR count). The van der Waals surface area contributed by atoms with Crippen LogP contribution in [0.1, 0.15) is 56.8 Å². The van der Waals surface area contributed by atoms with Crippen molar-refractivity contribution in [3.05, 3.63) is 69.5 Å². The Hall–Kier alpha value is -4.15. The maximum Gasteiger partial charge on any atom is 0.270 e. The van der Waals surface area contributed by atoms with Gasteiger partial charge in [-0.15, -0.1) is 0 Å². The molecule has 4 amide bonds. The van der Waals surface area contributed by atoms with Crippen molar-refractivity contribution in [3.8, 4) is 0 Å². The van der Waals surface area contributed by atoms with Gasteiger partial charge in [-0.3, -0.25) is 39.2 Å². The minimum absolute atomic E-state index is 0.0147. The molecular weight excluding hydrogens is 442 g/mol. The summed E-state index contributed by atoms with van der Waals surface area (Å²) in [7, 11) is 0. The van der Waals surface area contributed by atoms with Crippen LogP contribution >= 0.6 is 0 Å². The number of likely N-dealkylation sites (tertiary alicyclic amines) is 1. The second kappa shape index (κ2) is 9.77. The summed E-state index contributed by atoms with van der Waals surface area (Å²) < 4.78 is 0. The first-order valence-electron chi connectivity index (χ1n) is 11.0. The van der Waals surface area contributed by atoms with E-state index in [2.05, 4.69) is 10.3 Å². The molecule has 176 valence electrons. The summed E-state index contributed by atoms with van der Waals surface area (Å²) in [4.78, 5) is 66.9. The third-order valence-electron chi connectivity index (χ3n) is 6.04. The molecule has 0 unspecified atom stereocenters. The minimum atomic E-state index is -0.618. The fraction of sp³-hybridized carbons (Fsp3) is 0.348. The van der Waals surface area contributed by atoms with Gasteiger partial charge < -0.3 is 10.2 Å². The third-order valence-corrected chi connectivity index (χ3v) is 6.04. The third kappa shape index (κ3) is 4.77.